The summed E-state index contributed by atoms with van der Waals surface area (Å²) in [6.07, 6.45) is 1.33. The van der Waals surface area contributed by atoms with Gasteiger partial charge in [0.1, 0.15) is 11.6 Å². The van der Waals surface area contributed by atoms with E-state index in [1.54, 1.807) is 0 Å². The Morgan fingerprint density at radius 3 is 2.12 bits per heavy atom. The summed E-state index contributed by atoms with van der Waals surface area (Å²) in [4.78, 5) is 26.0. The summed E-state index contributed by atoms with van der Waals surface area (Å²) >= 11 is 0. The van der Waals surface area contributed by atoms with Crippen molar-refractivity contribution in [2.24, 2.45) is 10.8 Å². The van der Waals surface area contributed by atoms with E-state index in [2.05, 4.69) is 68.8 Å². The zero-order valence-electron chi connectivity index (χ0n) is 31.1. The minimum Gasteiger partial charge on any atom is -0.512 e. The Kier molecular flexibility index (Phi) is 10.5. The van der Waals surface area contributed by atoms with Crippen LogP contribution in [0.4, 0.5) is 0 Å². The minimum atomic E-state index is -1.55. The number of rotatable bonds is 3. The van der Waals surface area contributed by atoms with E-state index in [4.69, 9.17) is 14.4 Å². The predicted molar refractivity (Wildman–Crippen MR) is 203 cm³/mol. The van der Waals surface area contributed by atoms with Gasteiger partial charge in [-0.25, -0.2) is 9.97 Å². The molecule has 0 aliphatic heterocycles. The van der Waals surface area contributed by atoms with Gasteiger partial charge in [-0.1, -0.05) is 101 Å². The summed E-state index contributed by atoms with van der Waals surface area (Å²) < 4.78 is 6.30. The van der Waals surface area contributed by atoms with E-state index in [-0.39, 0.29) is 37.1 Å². The number of aromatic nitrogens is 3. The first-order valence-electron chi connectivity index (χ1n) is 16.6. The van der Waals surface area contributed by atoms with Crippen molar-refractivity contribution in [2.75, 3.05) is 0 Å². The summed E-state index contributed by atoms with van der Waals surface area (Å²) in [7, 11) is -1.55. The SMILES string of the molecule is CC(C)(C)C(=O)/C=C(\O)C(C)(C)C.Cc1ccc2c(n1)oc1c(-c3nc(C)nc4c3ccc3cc(C)c([Si](C)(C)C)c(C)c34)[c-]ccc12.[Ir]. The molecule has 0 saturated heterocycles. The van der Waals surface area contributed by atoms with Crippen LogP contribution >= 0.6 is 0 Å². The number of aliphatic hydroxyl groups is 1. The smallest absolute Gasteiger partial charge is 0.216 e. The van der Waals surface area contributed by atoms with Gasteiger partial charge in [-0.15, -0.1) is 18.2 Å². The number of carbonyl (C=O) groups excluding carboxylic acids is 1. The Balaban J connectivity index is 0.000000332. The maximum atomic E-state index is 11.5. The molecule has 1 radical (unpaired) electrons. The molecule has 1 N–H and O–H groups in total. The van der Waals surface area contributed by atoms with Gasteiger partial charge in [0, 0.05) is 59.2 Å². The number of allylic oxidation sites excluding steroid dienone is 2. The molecule has 8 heteroatoms. The number of fused-ring (bicyclic) bond motifs is 6. The Morgan fingerprint density at radius 2 is 1.51 bits per heavy atom. The van der Waals surface area contributed by atoms with E-state index >= 15 is 0 Å². The van der Waals surface area contributed by atoms with Gasteiger partial charge in [-0.3, -0.25) is 9.78 Å². The number of benzene rings is 3. The number of ketones is 1. The van der Waals surface area contributed by atoms with Gasteiger partial charge >= 0.3 is 0 Å². The fourth-order valence-electron chi connectivity index (χ4n) is 6.36. The van der Waals surface area contributed by atoms with Crippen molar-refractivity contribution in [1.29, 1.82) is 0 Å². The second kappa shape index (κ2) is 13.5. The zero-order chi connectivity index (χ0) is 35.5. The van der Waals surface area contributed by atoms with Crippen LogP contribution < -0.4 is 5.19 Å². The quantitative estimate of drug-likeness (QED) is 0.0627. The summed E-state index contributed by atoms with van der Waals surface area (Å²) in [6.45, 7) is 26.8. The van der Waals surface area contributed by atoms with Gasteiger partial charge in [0.25, 0.3) is 0 Å². The maximum Gasteiger partial charge on any atom is 0.216 e. The Bertz CT molecular complexity index is 2270. The molecule has 0 amide bonds. The molecule has 0 aliphatic carbocycles. The number of hydrogen-bond acceptors (Lipinski definition) is 6. The molecule has 6 nitrogen and oxygen atoms in total. The standard InChI is InChI=1S/C30H28N3OSi.C11H20O2.Ir/c1-16-15-20-12-14-23-26(32-19(4)33-27(23)25(20)18(3)29(16)35(5,6)7)24-10-8-9-21-22-13-11-17(2)31-30(22)34-28(21)24;1-10(2,3)8(12)7-9(13)11(4,5)6;/h8-9,11-15H,1-7H3;7,12H,1-6H3;/q-1;;/b;8-7-;. The van der Waals surface area contributed by atoms with Gasteiger partial charge in [0.15, 0.2) is 5.78 Å². The molecule has 0 saturated carbocycles. The van der Waals surface area contributed by atoms with Crippen LogP contribution in [0.25, 0.3) is 55.0 Å². The second-order valence-corrected chi connectivity index (χ2v) is 21.0. The monoisotopic (exact) mass is 851 g/mol. The number of furan rings is 1. The number of hydrogen-bond donors (Lipinski definition) is 1. The van der Waals surface area contributed by atoms with Crippen molar-refractivity contribution in [1.82, 2.24) is 15.0 Å². The molecule has 3 heterocycles. The van der Waals surface area contributed by atoms with E-state index < -0.39 is 13.5 Å². The van der Waals surface area contributed by atoms with E-state index in [0.717, 1.165) is 50.0 Å². The fraction of sp³-hybridized carbons (Fsp3) is 0.366. The van der Waals surface area contributed by atoms with Crippen molar-refractivity contribution in [3.8, 4) is 11.3 Å². The van der Waals surface area contributed by atoms with Crippen molar-refractivity contribution in [2.45, 2.75) is 88.9 Å². The normalized spacial score (nSPS) is 12.7. The molecule has 0 fully saturated rings. The zero-order valence-corrected chi connectivity index (χ0v) is 34.5. The number of aliphatic hydroxyl groups excluding tert-OH is 1. The second-order valence-electron chi connectivity index (χ2n) is 16.0. The van der Waals surface area contributed by atoms with Gasteiger partial charge in [0.2, 0.25) is 5.71 Å². The molecule has 259 valence electrons. The Labute approximate surface area is 304 Å². The van der Waals surface area contributed by atoms with E-state index in [9.17, 15) is 9.90 Å². The molecule has 0 bridgehead atoms. The van der Waals surface area contributed by atoms with Crippen molar-refractivity contribution < 1.29 is 34.4 Å². The fourth-order valence-corrected chi connectivity index (χ4v) is 8.86. The molecule has 0 spiro atoms. The summed E-state index contributed by atoms with van der Waals surface area (Å²) in [6, 6.07) is 18.2. The van der Waals surface area contributed by atoms with Crippen LogP contribution in [0, 0.1) is 44.6 Å². The first-order chi connectivity index (χ1) is 22.2. The number of aryl methyl sites for hydroxylation is 4. The topological polar surface area (TPSA) is 89.1 Å². The molecule has 0 atom stereocenters. The average molecular weight is 851 g/mol. The third-order valence-corrected chi connectivity index (χ3v) is 11.0. The summed E-state index contributed by atoms with van der Waals surface area (Å²) in [5.74, 6) is 0.845. The molecular formula is C41H48IrN3O3Si-. The largest absolute Gasteiger partial charge is 0.512 e. The summed E-state index contributed by atoms with van der Waals surface area (Å²) in [5.41, 5.74) is 7.00. The summed E-state index contributed by atoms with van der Waals surface area (Å²) in [5, 5.41) is 16.6. The van der Waals surface area contributed by atoms with Gasteiger partial charge in [-0.2, -0.15) is 0 Å². The molecule has 3 aromatic heterocycles. The van der Waals surface area contributed by atoms with E-state index in [1.165, 1.54) is 33.2 Å². The maximum absolute atomic E-state index is 11.5. The van der Waals surface area contributed by atoms with Gasteiger partial charge in [0.05, 0.1) is 19.2 Å². The van der Waals surface area contributed by atoms with Crippen LogP contribution in [0.15, 0.2) is 58.7 Å². The average Bonchev–Trinajstić information content (AvgIpc) is 3.32. The van der Waals surface area contributed by atoms with Crippen LogP contribution in [0.1, 0.15) is 64.2 Å². The van der Waals surface area contributed by atoms with Crippen LogP contribution in [0.5, 0.6) is 0 Å². The number of carbonyl (C=O) groups is 1. The molecule has 6 aromatic rings. The number of nitrogens with zero attached hydrogens (tertiary/aromatic N) is 3. The van der Waals surface area contributed by atoms with Gasteiger partial charge < -0.3 is 9.52 Å². The van der Waals surface area contributed by atoms with E-state index in [0.29, 0.717) is 5.71 Å². The molecule has 6 rings (SSSR count). The first kappa shape index (κ1) is 38.1. The van der Waals surface area contributed by atoms with Crippen LogP contribution in [0.3, 0.4) is 0 Å². The predicted octanol–water partition coefficient (Wildman–Crippen LogP) is 10.4. The minimum absolute atomic E-state index is 0. The van der Waals surface area contributed by atoms with Crippen molar-refractivity contribution in [3.05, 3.63) is 83.0 Å². The third-order valence-electron chi connectivity index (χ3n) is 8.73. The molecule has 49 heavy (non-hydrogen) atoms. The van der Waals surface area contributed by atoms with Crippen LogP contribution in [0.2, 0.25) is 19.6 Å². The van der Waals surface area contributed by atoms with Crippen LogP contribution in [-0.2, 0) is 24.9 Å². The van der Waals surface area contributed by atoms with Crippen LogP contribution in [-0.4, -0.2) is 33.9 Å². The number of pyridine rings is 1. The molecule has 0 aliphatic rings. The Hall–Kier alpha value is -3.71. The first-order valence-corrected chi connectivity index (χ1v) is 20.1. The molecule has 0 unspecified atom stereocenters. The third kappa shape index (κ3) is 7.57. The van der Waals surface area contributed by atoms with Crippen molar-refractivity contribution >= 4 is 62.8 Å². The van der Waals surface area contributed by atoms with Gasteiger partial charge in [-0.05, 0) is 56.2 Å². The molecule has 3 aromatic carbocycles. The Morgan fingerprint density at radius 1 is 0.857 bits per heavy atom. The van der Waals surface area contributed by atoms with E-state index in [1.807, 2.05) is 73.6 Å². The van der Waals surface area contributed by atoms with Crippen molar-refractivity contribution in [3.63, 3.8) is 0 Å². The molecular weight excluding hydrogens is 803 g/mol.